The third-order valence-corrected chi connectivity index (χ3v) is 11.3. The lowest BCUT2D eigenvalue weighted by Gasteiger charge is -2.32. The minimum Gasteiger partial charge on any atom is -0.490 e. The number of alkyl halides is 4. The molecule has 3 aliphatic heterocycles. The van der Waals surface area contributed by atoms with Crippen molar-refractivity contribution >= 4 is 49.0 Å². The molecule has 0 unspecified atom stereocenters. The average Bonchev–Trinajstić information content (AvgIpc) is 3.70. The van der Waals surface area contributed by atoms with Gasteiger partial charge in [0.15, 0.2) is 5.82 Å². The van der Waals surface area contributed by atoms with Crippen LogP contribution in [0, 0.1) is 23.0 Å². The maximum absolute atomic E-state index is 17.3. The third kappa shape index (κ3) is 5.19. The summed E-state index contributed by atoms with van der Waals surface area (Å²) in [4.78, 5) is 20.6. The number of thiophene rings is 1. The van der Waals surface area contributed by atoms with E-state index in [2.05, 4.69) is 19.9 Å². The van der Waals surface area contributed by atoms with Crippen molar-refractivity contribution in [2.24, 2.45) is 0 Å². The van der Waals surface area contributed by atoms with Gasteiger partial charge in [-0.05, 0) is 37.9 Å². The van der Waals surface area contributed by atoms with Gasteiger partial charge in [-0.3, -0.25) is 4.90 Å². The molecular formula is C34H29F6N9O2S. The summed E-state index contributed by atoms with van der Waals surface area (Å²) in [5.41, 5.74) is 8.10. The van der Waals surface area contributed by atoms with Crippen molar-refractivity contribution in [1.82, 2.24) is 24.8 Å². The van der Waals surface area contributed by atoms with E-state index in [-0.39, 0.29) is 71.0 Å². The first-order valence-electron chi connectivity index (χ1n) is 16.3. The van der Waals surface area contributed by atoms with Crippen LogP contribution in [-0.2, 0) is 6.18 Å². The van der Waals surface area contributed by atoms with E-state index in [1.54, 1.807) is 11.8 Å². The predicted octanol–water partition coefficient (Wildman–Crippen LogP) is 6.55. The Morgan fingerprint density at radius 1 is 1.19 bits per heavy atom. The quantitative estimate of drug-likeness (QED) is 0.182. The van der Waals surface area contributed by atoms with E-state index in [0.29, 0.717) is 29.9 Å². The molecule has 3 aliphatic rings. The number of nitrogen functional groups attached to an aromatic ring is 2. The highest BCUT2D eigenvalue weighted by Crippen LogP contribution is 2.54. The van der Waals surface area contributed by atoms with Crippen molar-refractivity contribution in [3.63, 3.8) is 0 Å². The van der Waals surface area contributed by atoms with E-state index >= 15 is 22.0 Å². The normalized spacial score (nSPS) is 20.9. The minimum absolute atomic E-state index is 0.0499. The third-order valence-electron chi connectivity index (χ3n) is 10.3. The molecular weight excluding hydrogens is 712 g/mol. The molecule has 2 aromatic carbocycles. The Morgan fingerprint density at radius 3 is 2.75 bits per heavy atom. The fourth-order valence-electron chi connectivity index (χ4n) is 7.93. The zero-order valence-corrected chi connectivity index (χ0v) is 28.2. The molecule has 0 bridgehead atoms. The van der Waals surface area contributed by atoms with Gasteiger partial charge in [0.1, 0.15) is 71.1 Å². The standard InChI is InChI=1S/C34H29F6N9O2S/c1-15(19-11-44-14-45-29(19)42)49-7-8-50-27-23-26(46-32(47-31(23)49)51-13-33-5-2-6-48(33)12-16(35)9-33)25(37)22(24(27)34(38,39)40)17-3-4-20(36)28-21(17)18(10-41)30(43)52-28/h3-4,11,14-16H,2,5-9,12-13,43H2,1H3,(H2,42,44,45)/t15-,16-,33+/m1/s1. The van der Waals surface area contributed by atoms with Gasteiger partial charge < -0.3 is 25.8 Å². The topological polar surface area (TPSA) is 152 Å². The second-order valence-electron chi connectivity index (χ2n) is 13.1. The summed E-state index contributed by atoms with van der Waals surface area (Å²) in [6.45, 7) is 2.19. The zero-order valence-electron chi connectivity index (χ0n) is 27.4. The monoisotopic (exact) mass is 741 g/mol. The minimum atomic E-state index is -5.24. The largest absolute Gasteiger partial charge is 0.490 e. The Bertz CT molecular complexity index is 2310. The van der Waals surface area contributed by atoms with E-state index in [4.69, 9.17) is 20.9 Å². The molecule has 8 rings (SSSR count). The number of halogens is 6. The number of aromatic nitrogens is 4. The zero-order chi connectivity index (χ0) is 36.7. The van der Waals surface area contributed by atoms with Gasteiger partial charge >= 0.3 is 12.2 Å². The number of ether oxygens (including phenoxy) is 2. The molecule has 52 heavy (non-hydrogen) atoms. The highest BCUT2D eigenvalue weighted by Gasteiger charge is 2.50. The van der Waals surface area contributed by atoms with Crippen molar-refractivity contribution in [1.29, 1.82) is 5.26 Å². The van der Waals surface area contributed by atoms with E-state index in [0.717, 1.165) is 18.6 Å². The summed E-state index contributed by atoms with van der Waals surface area (Å²) in [6.07, 6.45) is -1.94. The molecule has 3 aromatic heterocycles. The Kier molecular flexibility index (Phi) is 7.99. The van der Waals surface area contributed by atoms with Crippen LogP contribution in [0.25, 0.3) is 32.1 Å². The van der Waals surface area contributed by atoms with Gasteiger partial charge in [0.2, 0.25) is 0 Å². The number of rotatable bonds is 6. The van der Waals surface area contributed by atoms with Gasteiger partial charge in [-0.25, -0.2) is 23.1 Å². The van der Waals surface area contributed by atoms with Crippen LogP contribution in [0.1, 0.15) is 48.9 Å². The number of nitriles is 1. The van der Waals surface area contributed by atoms with Gasteiger partial charge in [0.25, 0.3) is 0 Å². The summed E-state index contributed by atoms with van der Waals surface area (Å²) >= 11 is 0.661. The molecule has 3 atom stereocenters. The van der Waals surface area contributed by atoms with Crippen LogP contribution >= 0.6 is 11.3 Å². The lowest BCUT2D eigenvalue weighted by atomic mass is 9.91. The van der Waals surface area contributed by atoms with Gasteiger partial charge in [-0.1, -0.05) is 6.07 Å². The predicted molar refractivity (Wildman–Crippen MR) is 181 cm³/mol. The Hall–Kier alpha value is -5.15. The smallest absolute Gasteiger partial charge is 0.420 e. The van der Waals surface area contributed by atoms with Crippen molar-refractivity contribution in [2.75, 3.05) is 49.2 Å². The number of anilines is 3. The van der Waals surface area contributed by atoms with Gasteiger partial charge in [0, 0.05) is 35.7 Å². The summed E-state index contributed by atoms with van der Waals surface area (Å²) in [6, 6.07) is 2.61. The molecule has 0 saturated carbocycles. The van der Waals surface area contributed by atoms with E-state index in [1.807, 2.05) is 11.0 Å². The van der Waals surface area contributed by atoms with Gasteiger partial charge in [-0.2, -0.15) is 28.4 Å². The number of nitrogens with zero attached hydrogens (tertiary/aromatic N) is 7. The first-order valence-corrected chi connectivity index (χ1v) is 17.2. The first kappa shape index (κ1) is 34.0. The maximum Gasteiger partial charge on any atom is 0.420 e. The van der Waals surface area contributed by atoms with Crippen LogP contribution in [0.2, 0.25) is 0 Å². The van der Waals surface area contributed by atoms with Crippen LogP contribution in [0.5, 0.6) is 11.8 Å². The molecule has 11 nitrogen and oxygen atoms in total. The number of benzene rings is 2. The lowest BCUT2D eigenvalue weighted by molar-refractivity contribution is -0.138. The van der Waals surface area contributed by atoms with Crippen molar-refractivity contribution in [3.8, 4) is 29.0 Å². The fraction of sp³-hybridized carbons (Fsp3) is 0.382. The molecule has 0 spiro atoms. The lowest BCUT2D eigenvalue weighted by Crippen LogP contribution is -2.43. The molecule has 0 radical (unpaired) electrons. The highest BCUT2D eigenvalue weighted by atomic mass is 32.1. The molecule has 270 valence electrons. The molecule has 6 heterocycles. The first-order chi connectivity index (χ1) is 24.8. The SMILES string of the molecule is C[C@H](c1cncnc1N)N1CCOc2c(C(F)(F)F)c(-c3ccc(F)c4sc(N)c(C#N)c34)c(F)c3nc(OC[C@@]45CCCN4C[C@H](F)C5)nc1c23. The molecule has 2 fully saturated rings. The number of hydrogen-bond acceptors (Lipinski definition) is 12. The van der Waals surface area contributed by atoms with Crippen molar-refractivity contribution in [3.05, 3.63) is 53.0 Å². The summed E-state index contributed by atoms with van der Waals surface area (Å²) in [5, 5.41) is 9.09. The second-order valence-corrected chi connectivity index (χ2v) is 14.2. The van der Waals surface area contributed by atoms with Crippen LogP contribution in [0.15, 0.2) is 24.7 Å². The Morgan fingerprint density at radius 2 is 2.00 bits per heavy atom. The van der Waals surface area contributed by atoms with Crippen molar-refractivity contribution in [2.45, 2.75) is 50.1 Å². The van der Waals surface area contributed by atoms with Crippen LogP contribution in [0.4, 0.5) is 43.0 Å². The van der Waals surface area contributed by atoms with Crippen LogP contribution in [0.3, 0.4) is 0 Å². The Labute approximate surface area is 295 Å². The van der Waals surface area contributed by atoms with Gasteiger partial charge in [-0.15, -0.1) is 11.3 Å². The van der Waals surface area contributed by atoms with E-state index < -0.39 is 68.9 Å². The van der Waals surface area contributed by atoms with Crippen LogP contribution in [-0.4, -0.2) is 69.4 Å². The maximum atomic E-state index is 17.3. The molecule has 18 heteroatoms. The van der Waals surface area contributed by atoms with Gasteiger partial charge in [0.05, 0.1) is 33.8 Å². The van der Waals surface area contributed by atoms with Crippen LogP contribution < -0.4 is 25.8 Å². The number of fused-ring (bicyclic) bond motifs is 2. The summed E-state index contributed by atoms with van der Waals surface area (Å²) < 4.78 is 105. The summed E-state index contributed by atoms with van der Waals surface area (Å²) in [7, 11) is 0. The number of nitrogens with two attached hydrogens (primary N) is 2. The molecule has 5 aromatic rings. The van der Waals surface area contributed by atoms with E-state index in [1.165, 1.54) is 12.5 Å². The molecule has 0 amide bonds. The fourth-order valence-corrected chi connectivity index (χ4v) is 8.88. The van der Waals surface area contributed by atoms with E-state index in [9.17, 15) is 9.65 Å². The summed E-state index contributed by atoms with van der Waals surface area (Å²) in [5.74, 6) is -3.08. The molecule has 2 saturated heterocycles. The number of hydrogen-bond donors (Lipinski definition) is 2. The highest BCUT2D eigenvalue weighted by molar-refractivity contribution is 7.23. The molecule has 0 aliphatic carbocycles. The molecule has 4 N–H and O–H groups in total. The Balaban J connectivity index is 1.41. The average molecular weight is 742 g/mol. The van der Waals surface area contributed by atoms with Crippen molar-refractivity contribution < 1.29 is 35.8 Å². The second kappa shape index (κ2) is 12.2.